The highest BCUT2D eigenvalue weighted by molar-refractivity contribution is 5.46. The van der Waals surface area contributed by atoms with Gasteiger partial charge >= 0.3 is 12.5 Å². The molecule has 0 amide bonds. The van der Waals surface area contributed by atoms with Crippen LogP contribution in [0.2, 0.25) is 0 Å². The first-order chi connectivity index (χ1) is 19.1. The molecule has 1 fully saturated rings. The molecule has 0 spiro atoms. The number of benzene rings is 3. The fourth-order valence-electron chi connectivity index (χ4n) is 3.90. The minimum absolute atomic E-state index is 0.0853. The van der Waals surface area contributed by atoms with Crippen LogP contribution in [0.5, 0.6) is 11.5 Å². The van der Waals surface area contributed by atoms with Crippen molar-refractivity contribution in [3.8, 4) is 23.3 Å². The van der Waals surface area contributed by atoms with Gasteiger partial charge in [-0.05, 0) is 42.7 Å². The molecule has 3 aromatic carbocycles. The SMILES string of the molecule is OC1CCC(c2ccc(C#Cc3cc(F)c(C(F)(F)Oc4cc(F)c(OC(F)(F)F)c(F)c4)c(F)c3)c(F)c2)OC1. The molecule has 3 aromatic rings. The van der Waals surface area contributed by atoms with Crippen molar-refractivity contribution in [3.05, 3.63) is 93.8 Å². The molecule has 1 aliphatic rings. The van der Waals surface area contributed by atoms with Gasteiger partial charge in [0.25, 0.3) is 0 Å². The van der Waals surface area contributed by atoms with E-state index in [0.29, 0.717) is 30.5 Å². The van der Waals surface area contributed by atoms with Crippen molar-refractivity contribution < 1.29 is 63.2 Å². The Balaban J connectivity index is 1.54. The Kier molecular flexibility index (Phi) is 8.41. The summed E-state index contributed by atoms with van der Waals surface area (Å²) in [5.74, 6) is -7.56. The summed E-state index contributed by atoms with van der Waals surface area (Å²) in [6.45, 7) is 0.0853. The Bertz CT molecular complexity index is 1460. The highest BCUT2D eigenvalue weighted by Crippen LogP contribution is 2.38. The molecular weight excluding hydrogens is 578 g/mol. The van der Waals surface area contributed by atoms with Crippen LogP contribution in [0.4, 0.5) is 43.9 Å². The lowest BCUT2D eigenvalue weighted by Crippen LogP contribution is -2.25. The molecule has 4 nitrogen and oxygen atoms in total. The third kappa shape index (κ3) is 7.22. The predicted octanol–water partition coefficient (Wildman–Crippen LogP) is 7.02. The smallest absolute Gasteiger partial charge is 0.429 e. The van der Waals surface area contributed by atoms with Crippen LogP contribution >= 0.6 is 0 Å². The maximum absolute atomic E-state index is 14.6. The molecular formula is C27H16F10O4. The van der Waals surface area contributed by atoms with Crippen LogP contribution < -0.4 is 9.47 Å². The lowest BCUT2D eigenvalue weighted by molar-refractivity contribution is -0.276. The molecule has 4 rings (SSSR count). The van der Waals surface area contributed by atoms with Crippen LogP contribution in [-0.2, 0) is 10.8 Å². The molecule has 2 atom stereocenters. The van der Waals surface area contributed by atoms with E-state index in [2.05, 4.69) is 21.3 Å². The number of hydrogen-bond acceptors (Lipinski definition) is 4. The number of alkyl halides is 5. The summed E-state index contributed by atoms with van der Waals surface area (Å²) in [4.78, 5) is 0. The summed E-state index contributed by atoms with van der Waals surface area (Å²) >= 11 is 0. The van der Waals surface area contributed by atoms with E-state index in [1.807, 2.05) is 0 Å². The van der Waals surface area contributed by atoms with Crippen molar-refractivity contribution in [3.63, 3.8) is 0 Å². The molecule has 1 saturated heterocycles. The van der Waals surface area contributed by atoms with E-state index >= 15 is 0 Å². The van der Waals surface area contributed by atoms with Gasteiger partial charge < -0.3 is 19.3 Å². The van der Waals surface area contributed by atoms with Crippen LogP contribution in [0.1, 0.15) is 41.2 Å². The van der Waals surface area contributed by atoms with Gasteiger partial charge in [0.05, 0.1) is 24.4 Å². The quantitative estimate of drug-likeness (QED) is 0.255. The molecule has 41 heavy (non-hydrogen) atoms. The highest BCUT2D eigenvalue weighted by atomic mass is 19.4. The minimum Gasteiger partial charge on any atom is -0.429 e. The average molecular weight is 594 g/mol. The Labute approximate surface area is 225 Å². The molecule has 0 saturated carbocycles. The second-order valence-corrected chi connectivity index (χ2v) is 8.74. The third-order valence-corrected chi connectivity index (χ3v) is 5.73. The van der Waals surface area contributed by atoms with E-state index in [0.717, 1.165) is 6.07 Å². The highest BCUT2D eigenvalue weighted by Gasteiger charge is 2.42. The maximum Gasteiger partial charge on any atom is 0.573 e. The van der Waals surface area contributed by atoms with E-state index in [-0.39, 0.29) is 24.3 Å². The Morgan fingerprint density at radius 1 is 0.756 bits per heavy atom. The van der Waals surface area contributed by atoms with Gasteiger partial charge in [-0.15, -0.1) is 13.2 Å². The van der Waals surface area contributed by atoms with Crippen molar-refractivity contribution >= 4 is 0 Å². The van der Waals surface area contributed by atoms with Crippen LogP contribution in [0, 0.1) is 40.9 Å². The number of hydrogen-bond donors (Lipinski definition) is 1. The molecule has 0 bridgehead atoms. The summed E-state index contributed by atoms with van der Waals surface area (Å²) < 4.78 is 150. The Morgan fingerprint density at radius 3 is 1.93 bits per heavy atom. The largest absolute Gasteiger partial charge is 0.573 e. The molecule has 1 N–H and O–H groups in total. The van der Waals surface area contributed by atoms with Crippen LogP contribution in [0.3, 0.4) is 0 Å². The summed E-state index contributed by atoms with van der Waals surface area (Å²) in [6.07, 6.45) is -10.6. The first-order valence-electron chi connectivity index (χ1n) is 11.5. The second kappa shape index (κ2) is 11.5. The fourth-order valence-corrected chi connectivity index (χ4v) is 3.90. The molecule has 0 radical (unpaired) electrons. The van der Waals surface area contributed by atoms with E-state index in [1.54, 1.807) is 0 Å². The first-order valence-corrected chi connectivity index (χ1v) is 11.5. The minimum atomic E-state index is -5.50. The van der Waals surface area contributed by atoms with Gasteiger partial charge in [0, 0.05) is 17.7 Å². The van der Waals surface area contributed by atoms with Crippen molar-refractivity contribution in [1.29, 1.82) is 0 Å². The predicted molar refractivity (Wildman–Crippen MR) is 120 cm³/mol. The summed E-state index contributed by atoms with van der Waals surface area (Å²) in [5, 5.41) is 9.50. The van der Waals surface area contributed by atoms with Crippen LogP contribution in [0.15, 0.2) is 42.5 Å². The third-order valence-electron chi connectivity index (χ3n) is 5.73. The van der Waals surface area contributed by atoms with Gasteiger partial charge in [0.15, 0.2) is 11.6 Å². The standard InChI is InChI=1S/C27H16F10O4/c28-18-9-15(23-6-5-16(38)12-39-23)4-3-14(18)2-1-13-7-19(29)24(20(30)8-13)26(33,34)40-17-10-21(31)25(22(32)11-17)41-27(35,36)37/h3-4,7-11,16,23,38H,5-6,12H2. The maximum atomic E-state index is 14.6. The van der Waals surface area contributed by atoms with Gasteiger partial charge in [0.1, 0.15) is 28.8 Å². The van der Waals surface area contributed by atoms with Gasteiger partial charge in [-0.25, -0.2) is 22.0 Å². The molecule has 2 unspecified atom stereocenters. The van der Waals surface area contributed by atoms with E-state index < -0.39 is 76.4 Å². The molecule has 1 aliphatic heterocycles. The van der Waals surface area contributed by atoms with Gasteiger partial charge in [-0.2, -0.15) is 8.78 Å². The van der Waals surface area contributed by atoms with Crippen molar-refractivity contribution in [2.45, 2.75) is 37.5 Å². The number of ether oxygens (including phenoxy) is 3. The number of rotatable bonds is 5. The van der Waals surface area contributed by atoms with Gasteiger partial charge in [0.2, 0.25) is 5.75 Å². The topological polar surface area (TPSA) is 47.9 Å². The molecule has 14 heteroatoms. The molecule has 0 aromatic heterocycles. The number of halogens is 10. The van der Waals surface area contributed by atoms with Crippen molar-refractivity contribution in [1.82, 2.24) is 0 Å². The fraction of sp³-hybridized carbons (Fsp3) is 0.259. The zero-order valence-corrected chi connectivity index (χ0v) is 20.3. The van der Waals surface area contributed by atoms with E-state index in [9.17, 15) is 49.0 Å². The van der Waals surface area contributed by atoms with Crippen molar-refractivity contribution in [2.75, 3.05) is 6.61 Å². The number of aliphatic hydroxyl groups excluding tert-OH is 1. The normalized spacial score (nSPS) is 17.5. The summed E-state index contributed by atoms with van der Waals surface area (Å²) in [6, 6.07) is 4.47. The van der Waals surface area contributed by atoms with E-state index in [1.165, 1.54) is 12.1 Å². The lowest BCUT2D eigenvalue weighted by Gasteiger charge is -2.26. The van der Waals surface area contributed by atoms with Crippen LogP contribution in [0.25, 0.3) is 0 Å². The first kappa shape index (κ1) is 30.0. The second-order valence-electron chi connectivity index (χ2n) is 8.74. The summed E-state index contributed by atoms with van der Waals surface area (Å²) in [5.41, 5.74) is -2.19. The van der Waals surface area contributed by atoms with Gasteiger partial charge in [-0.1, -0.05) is 17.9 Å². The average Bonchev–Trinajstić information content (AvgIpc) is 2.84. The molecule has 0 aliphatic carbocycles. The summed E-state index contributed by atoms with van der Waals surface area (Å²) in [7, 11) is 0. The van der Waals surface area contributed by atoms with Crippen LogP contribution in [-0.4, -0.2) is 24.2 Å². The van der Waals surface area contributed by atoms with Crippen molar-refractivity contribution in [2.24, 2.45) is 0 Å². The Hall–Kier alpha value is -3.96. The van der Waals surface area contributed by atoms with Gasteiger partial charge in [-0.3, -0.25) is 0 Å². The number of aliphatic hydroxyl groups is 1. The molecule has 218 valence electrons. The zero-order chi connectivity index (χ0) is 30.1. The molecule has 1 heterocycles. The zero-order valence-electron chi connectivity index (χ0n) is 20.3. The van der Waals surface area contributed by atoms with E-state index in [4.69, 9.17) is 4.74 Å². The lowest BCUT2D eigenvalue weighted by atomic mass is 9.99. The Morgan fingerprint density at radius 2 is 1.39 bits per heavy atom. The monoisotopic (exact) mass is 594 g/mol.